The van der Waals surface area contributed by atoms with Gasteiger partial charge in [0.15, 0.2) is 11.6 Å². The van der Waals surface area contributed by atoms with Gasteiger partial charge in [0.25, 0.3) is 0 Å². The highest BCUT2D eigenvalue weighted by Crippen LogP contribution is 2.21. The van der Waals surface area contributed by atoms with E-state index < -0.39 is 0 Å². The Bertz CT molecular complexity index is 673. The lowest BCUT2D eigenvalue weighted by molar-refractivity contribution is 0.101. The molecule has 0 radical (unpaired) electrons. The Morgan fingerprint density at radius 1 is 1.35 bits per heavy atom. The molecule has 2 aromatic rings. The summed E-state index contributed by atoms with van der Waals surface area (Å²) in [7, 11) is 0. The summed E-state index contributed by atoms with van der Waals surface area (Å²) in [6, 6.07) is 0. The quantitative estimate of drug-likeness (QED) is 0.568. The van der Waals surface area contributed by atoms with E-state index in [0.29, 0.717) is 27.7 Å². The molecule has 0 atom stereocenters. The number of ketones is 2. The number of nitrogens with zero attached hydrogens (tertiary/aromatic N) is 2. The van der Waals surface area contributed by atoms with E-state index in [4.69, 9.17) is 5.73 Å². The summed E-state index contributed by atoms with van der Waals surface area (Å²) in [4.78, 5) is 30.6. The van der Waals surface area contributed by atoms with Crippen molar-refractivity contribution in [2.75, 3.05) is 11.5 Å². The molecule has 4 N–H and O–H groups in total. The standard InChI is InChI=1S/C12H15N5O2S/c1-5-9(7(3)18)6(2)14-10(5)8(19)4-20-12-15-11(13)16-17-12/h14H,4H2,1-3H3,(H3,13,15,16,17). The maximum absolute atomic E-state index is 12.2. The highest BCUT2D eigenvalue weighted by Gasteiger charge is 2.20. The van der Waals surface area contributed by atoms with Crippen LogP contribution in [0.4, 0.5) is 5.95 Å². The Hall–Kier alpha value is -2.09. The number of carbonyl (C=O) groups excluding carboxylic acids is 2. The number of nitrogens with one attached hydrogen (secondary N) is 2. The first-order valence-electron chi connectivity index (χ1n) is 5.94. The molecule has 0 amide bonds. The molecule has 0 bridgehead atoms. The number of nitrogens with two attached hydrogens (primary N) is 1. The first-order valence-corrected chi connectivity index (χ1v) is 6.92. The first-order chi connectivity index (χ1) is 9.40. The zero-order chi connectivity index (χ0) is 14.9. The smallest absolute Gasteiger partial charge is 0.216 e. The van der Waals surface area contributed by atoms with Crippen molar-refractivity contribution in [1.29, 1.82) is 0 Å². The van der Waals surface area contributed by atoms with Crippen molar-refractivity contribution in [3.8, 4) is 0 Å². The minimum absolute atomic E-state index is 0.0512. The van der Waals surface area contributed by atoms with Crippen molar-refractivity contribution < 1.29 is 9.59 Å². The maximum atomic E-state index is 12.2. The van der Waals surface area contributed by atoms with Gasteiger partial charge < -0.3 is 10.7 Å². The van der Waals surface area contributed by atoms with E-state index in [2.05, 4.69) is 20.2 Å². The van der Waals surface area contributed by atoms with Crippen LogP contribution in [-0.2, 0) is 0 Å². The van der Waals surface area contributed by atoms with Gasteiger partial charge in [0.1, 0.15) is 0 Å². The normalized spacial score (nSPS) is 10.8. The van der Waals surface area contributed by atoms with Crippen LogP contribution in [0.15, 0.2) is 5.16 Å². The molecule has 2 rings (SSSR count). The molecule has 106 valence electrons. The molecule has 0 aliphatic rings. The highest BCUT2D eigenvalue weighted by molar-refractivity contribution is 7.99. The number of aromatic nitrogens is 4. The lowest BCUT2D eigenvalue weighted by Gasteiger charge is -1.99. The third-order valence-corrected chi connectivity index (χ3v) is 3.73. The Morgan fingerprint density at radius 2 is 2.05 bits per heavy atom. The topological polar surface area (TPSA) is 118 Å². The van der Waals surface area contributed by atoms with Crippen LogP contribution in [-0.4, -0.2) is 37.5 Å². The summed E-state index contributed by atoms with van der Waals surface area (Å²) in [6.45, 7) is 5.04. The van der Waals surface area contributed by atoms with Gasteiger partial charge in [-0.3, -0.25) is 9.59 Å². The number of hydrogen-bond donors (Lipinski definition) is 3. The SMILES string of the molecule is CC(=O)c1c(C)[nH]c(C(=O)CSc2n[nH]c(N)n2)c1C. The molecule has 0 saturated carbocycles. The van der Waals surface area contributed by atoms with Gasteiger partial charge in [-0.05, 0) is 26.3 Å². The fraction of sp³-hybridized carbons (Fsp3) is 0.333. The summed E-state index contributed by atoms with van der Waals surface area (Å²) >= 11 is 1.19. The van der Waals surface area contributed by atoms with Gasteiger partial charge in [-0.15, -0.1) is 5.10 Å². The molecule has 20 heavy (non-hydrogen) atoms. The third-order valence-electron chi connectivity index (χ3n) is 2.88. The molecular formula is C12H15N5O2S. The zero-order valence-corrected chi connectivity index (χ0v) is 12.2. The van der Waals surface area contributed by atoms with Crippen molar-refractivity contribution in [1.82, 2.24) is 20.2 Å². The minimum Gasteiger partial charge on any atom is -0.368 e. The fourth-order valence-corrected chi connectivity index (χ4v) is 2.76. The highest BCUT2D eigenvalue weighted by atomic mass is 32.2. The zero-order valence-electron chi connectivity index (χ0n) is 11.4. The van der Waals surface area contributed by atoms with Gasteiger partial charge in [-0.2, -0.15) is 4.98 Å². The van der Waals surface area contributed by atoms with Crippen molar-refractivity contribution >= 4 is 29.3 Å². The summed E-state index contributed by atoms with van der Waals surface area (Å²) in [5.74, 6) is 0.233. The average molecular weight is 293 g/mol. The van der Waals surface area contributed by atoms with Crippen LogP contribution in [0.2, 0.25) is 0 Å². The van der Waals surface area contributed by atoms with Gasteiger partial charge in [0.05, 0.1) is 11.4 Å². The molecule has 0 saturated heterocycles. The number of Topliss-reactive ketones (excluding diaryl/α,β-unsaturated/α-hetero) is 2. The van der Waals surface area contributed by atoms with Crippen LogP contribution < -0.4 is 5.73 Å². The largest absolute Gasteiger partial charge is 0.368 e. The number of H-pyrrole nitrogens is 2. The van der Waals surface area contributed by atoms with Crippen LogP contribution in [0, 0.1) is 13.8 Å². The molecular weight excluding hydrogens is 278 g/mol. The Labute approximate surface area is 119 Å². The number of thioether (sulfide) groups is 1. The number of aromatic amines is 2. The van der Waals surface area contributed by atoms with Crippen LogP contribution in [0.5, 0.6) is 0 Å². The molecule has 8 heteroatoms. The van der Waals surface area contributed by atoms with Crippen molar-refractivity contribution in [3.05, 3.63) is 22.5 Å². The van der Waals surface area contributed by atoms with Crippen LogP contribution in [0.3, 0.4) is 0 Å². The van der Waals surface area contributed by atoms with E-state index in [1.807, 2.05) is 0 Å². The minimum atomic E-state index is -0.105. The maximum Gasteiger partial charge on any atom is 0.216 e. The molecule has 0 fully saturated rings. The van der Waals surface area contributed by atoms with E-state index in [0.717, 1.165) is 0 Å². The summed E-state index contributed by atoms with van der Waals surface area (Å²) in [6.07, 6.45) is 0. The number of nitrogen functional groups attached to an aromatic ring is 1. The van der Waals surface area contributed by atoms with Gasteiger partial charge in [-0.25, -0.2) is 5.10 Å². The molecule has 2 aromatic heterocycles. The fourth-order valence-electron chi connectivity index (χ4n) is 2.08. The predicted octanol–water partition coefficient (Wildman–Crippen LogP) is 1.51. The molecule has 7 nitrogen and oxygen atoms in total. The van der Waals surface area contributed by atoms with Crippen LogP contribution in [0.25, 0.3) is 0 Å². The molecule has 0 aliphatic carbocycles. The number of rotatable bonds is 5. The monoisotopic (exact) mass is 293 g/mol. The number of hydrogen-bond acceptors (Lipinski definition) is 6. The van der Waals surface area contributed by atoms with Crippen LogP contribution in [0.1, 0.15) is 39.0 Å². The number of aryl methyl sites for hydroxylation is 1. The Morgan fingerprint density at radius 3 is 2.55 bits per heavy atom. The van der Waals surface area contributed by atoms with E-state index in [9.17, 15) is 9.59 Å². The van der Waals surface area contributed by atoms with Crippen LogP contribution >= 0.6 is 11.8 Å². The third kappa shape index (κ3) is 2.74. The molecule has 0 aromatic carbocycles. The molecule has 0 spiro atoms. The van der Waals surface area contributed by atoms with E-state index >= 15 is 0 Å². The van der Waals surface area contributed by atoms with E-state index in [1.54, 1.807) is 13.8 Å². The summed E-state index contributed by atoms with van der Waals surface area (Å²) in [5.41, 5.74) is 7.85. The predicted molar refractivity (Wildman–Crippen MR) is 76.1 cm³/mol. The Kier molecular flexibility index (Phi) is 3.93. The number of anilines is 1. The van der Waals surface area contributed by atoms with Gasteiger partial charge in [0.2, 0.25) is 11.1 Å². The van der Waals surface area contributed by atoms with Gasteiger partial charge >= 0.3 is 0 Å². The number of carbonyl (C=O) groups is 2. The summed E-state index contributed by atoms with van der Waals surface area (Å²) < 4.78 is 0. The Balaban J connectivity index is 2.14. The molecule has 2 heterocycles. The van der Waals surface area contributed by atoms with Crippen molar-refractivity contribution in [2.24, 2.45) is 0 Å². The second kappa shape index (κ2) is 5.49. The van der Waals surface area contributed by atoms with Crippen molar-refractivity contribution in [2.45, 2.75) is 25.9 Å². The average Bonchev–Trinajstić information content (AvgIpc) is 2.90. The first kappa shape index (κ1) is 14.3. The lowest BCUT2D eigenvalue weighted by Crippen LogP contribution is -2.05. The van der Waals surface area contributed by atoms with Gasteiger partial charge in [0, 0.05) is 11.3 Å². The lowest BCUT2D eigenvalue weighted by atomic mass is 10.1. The second-order valence-corrected chi connectivity index (χ2v) is 5.34. The molecule has 0 unspecified atom stereocenters. The van der Waals surface area contributed by atoms with Gasteiger partial charge in [-0.1, -0.05) is 11.8 Å². The summed E-state index contributed by atoms with van der Waals surface area (Å²) in [5, 5.41) is 6.76. The molecule has 0 aliphatic heterocycles. The second-order valence-electron chi connectivity index (χ2n) is 4.40. The van der Waals surface area contributed by atoms with Crippen molar-refractivity contribution in [3.63, 3.8) is 0 Å². The van der Waals surface area contributed by atoms with E-state index in [-0.39, 0.29) is 23.3 Å². The van der Waals surface area contributed by atoms with E-state index in [1.165, 1.54) is 18.7 Å².